The van der Waals surface area contributed by atoms with Crippen molar-refractivity contribution in [3.8, 4) is 5.75 Å². The number of carbonyl (C=O) groups is 1. The van der Waals surface area contributed by atoms with E-state index in [1.165, 1.54) is 30.4 Å². The van der Waals surface area contributed by atoms with Gasteiger partial charge in [0.15, 0.2) is 0 Å². The maximum atomic E-state index is 12.8. The van der Waals surface area contributed by atoms with E-state index in [2.05, 4.69) is 64.5 Å². The molecule has 5 heteroatoms. The fourth-order valence-electron chi connectivity index (χ4n) is 5.56. The number of pyridine rings is 1. The molecule has 0 unspecified atom stereocenters. The summed E-state index contributed by atoms with van der Waals surface area (Å²) in [5.41, 5.74) is 3.44. The van der Waals surface area contributed by atoms with Crippen molar-refractivity contribution >= 4 is 5.91 Å². The number of piperidine rings is 2. The average Bonchev–Trinajstić information content (AvgIpc) is 2.94. The Bertz CT molecular complexity index is 1100. The summed E-state index contributed by atoms with van der Waals surface area (Å²) in [4.78, 5) is 21.4. The Hall–Kier alpha value is -3.18. The number of aromatic nitrogens is 1. The lowest BCUT2D eigenvalue weighted by Gasteiger charge is -2.33. The average molecular weight is 484 g/mol. The molecule has 0 bridgehead atoms. The van der Waals surface area contributed by atoms with Gasteiger partial charge in [-0.2, -0.15) is 0 Å². The zero-order valence-electron chi connectivity index (χ0n) is 21.1. The Morgan fingerprint density at radius 2 is 1.72 bits per heavy atom. The number of rotatable bonds is 8. The lowest BCUT2D eigenvalue weighted by Crippen LogP contribution is -2.41. The minimum Gasteiger partial charge on any atom is -0.493 e. The zero-order chi connectivity index (χ0) is 24.6. The Labute approximate surface area is 215 Å². The number of hydrogen-bond acceptors (Lipinski definition) is 4. The van der Waals surface area contributed by atoms with E-state index >= 15 is 0 Å². The first-order valence-electron chi connectivity index (χ1n) is 13.4. The van der Waals surface area contributed by atoms with Crippen LogP contribution in [0.3, 0.4) is 0 Å². The van der Waals surface area contributed by atoms with Gasteiger partial charge in [-0.3, -0.25) is 14.7 Å². The zero-order valence-corrected chi connectivity index (χ0v) is 21.1. The van der Waals surface area contributed by atoms with Crippen LogP contribution in [-0.2, 0) is 13.0 Å². The van der Waals surface area contributed by atoms with Crippen molar-refractivity contribution in [2.24, 2.45) is 11.8 Å². The molecule has 2 aliphatic rings. The van der Waals surface area contributed by atoms with Gasteiger partial charge in [0.2, 0.25) is 0 Å². The van der Waals surface area contributed by atoms with Crippen LogP contribution in [0.1, 0.15) is 47.2 Å². The fourth-order valence-corrected chi connectivity index (χ4v) is 5.56. The number of nitrogens with zero attached hydrogens (tertiary/aromatic N) is 3. The van der Waals surface area contributed by atoms with E-state index < -0.39 is 0 Å². The van der Waals surface area contributed by atoms with Gasteiger partial charge in [-0.05, 0) is 86.5 Å². The molecule has 3 aromatic rings. The molecule has 1 atom stereocenters. The normalized spacial score (nSPS) is 19.2. The number of likely N-dealkylation sites (tertiary alicyclic amines) is 2. The molecule has 5 nitrogen and oxygen atoms in total. The van der Waals surface area contributed by atoms with E-state index in [0.717, 1.165) is 57.2 Å². The topological polar surface area (TPSA) is 45.7 Å². The molecule has 5 rings (SSSR count). The Balaban J connectivity index is 1.08. The second kappa shape index (κ2) is 12.2. The maximum absolute atomic E-state index is 12.8. The summed E-state index contributed by atoms with van der Waals surface area (Å²) in [6, 6.07) is 23.1. The monoisotopic (exact) mass is 483 g/mol. The van der Waals surface area contributed by atoms with Crippen molar-refractivity contribution in [3.05, 3.63) is 95.8 Å². The molecule has 3 heterocycles. The van der Waals surface area contributed by atoms with Gasteiger partial charge in [-0.25, -0.2) is 0 Å². The largest absolute Gasteiger partial charge is 0.493 e. The predicted octanol–water partition coefficient (Wildman–Crippen LogP) is 5.47. The van der Waals surface area contributed by atoms with Crippen LogP contribution in [0, 0.1) is 11.8 Å². The van der Waals surface area contributed by atoms with Gasteiger partial charge in [0, 0.05) is 37.9 Å². The molecule has 1 amide bonds. The van der Waals surface area contributed by atoms with E-state index in [9.17, 15) is 4.79 Å². The Morgan fingerprint density at radius 3 is 2.53 bits per heavy atom. The number of ether oxygens (including phenoxy) is 1. The molecule has 0 spiro atoms. The molecule has 0 radical (unpaired) electrons. The molecule has 188 valence electrons. The quantitative estimate of drug-likeness (QED) is 0.426. The predicted molar refractivity (Wildman–Crippen MR) is 143 cm³/mol. The molecule has 0 saturated carbocycles. The summed E-state index contributed by atoms with van der Waals surface area (Å²) in [7, 11) is 0. The fraction of sp³-hybridized carbons (Fsp3) is 0.419. The van der Waals surface area contributed by atoms with Gasteiger partial charge < -0.3 is 9.64 Å². The third kappa shape index (κ3) is 6.73. The highest BCUT2D eigenvalue weighted by molar-refractivity contribution is 5.93. The molecule has 2 fully saturated rings. The van der Waals surface area contributed by atoms with Gasteiger partial charge in [0.05, 0.1) is 12.2 Å². The standard InChI is InChI=1S/C31H37N3O2/c35-31(29-11-5-15-32-21-29)34-16-6-10-28(23-34)24-36-30-12-4-9-27(20-30)22-33-17-13-26(14-18-33)19-25-7-2-1-3-8-25/h1-5,7-9,11-12,15,20-21,26,28H,6,10,13-14,16-19,22-24H2/t28-/m0/s1. The van der Waals surface area contributed by atoms with Crippen molar-refractivity contribution < 1.29 is 9.53 Å². The summed E-state index contributed by atoms with van der Waals surface area (Å²) in [6.07, 6.45) is 9.19. The number of hydrogen-bond donors (Lipinski definition) is 0. The van der Waals surface area contributed by atoms with Crippen LogP contribution in [-0.4, -0.2) is 53.5 Å². The highest BCUT2D eigenvalue weighted by atomic mass is 16.5. The first kappa shape index (κ1) is 24.5. The molecule has 0 aliphatic carbocycles. The van der Waals surface area contributed by atoms with Crippen LogP contribution in [0.15, 0.2) is 79.1 Å². The summed E-state index contributed by atoms with van der Waals surface area (Å²) >= 11 is 0. The number of carbonyl (C=O) groups excluding carboxylic acids is 1. The SMILES string of the molecule is O=C(c1cccnc1)N1CCC[C@H](COc2cccc(CN3CCC(Cc4ccccc4)CC3)c2)C1. The van der Waals surface area contributed by atoms with Crippen molar-refractivity contribution in [1.29, 1.82) is 0 Å². The van der Waals surface area contributed by atoms with Crippen LogP contribution < -0.4 is 4.74 Å². The lowest BCUT2D eigenvalue weighted by atomic mass is 9.90. The van der Waals surface area contributed by atoms with E-state index in [-0.39, 0.29) is 5.91 Å². The Kier molecular flexibility index (Phi) is 8.29. The molecular formula is C31H37N3O2. The second-order valence-corrected chi connectivity index (χ2v) is 10.4. The minimum atomic E-state index is 0.0716. The van der Waals surface area contributed by atoms with Crippen LogP contribution in [0.5, 0.6) is 5.75 Å². The number of amides is 1. The second-order valence-electron chi connectivity index (χ2n) is 10.4. The molecule has 2 aliphatic heterocycles. The van der Waals surface area contributed by atoms with E-state index in [1.54, 1.807) is 12.4 Å². The van der Waals surface area contributed by atoms with Crippen LogP contribution in [0.4, 0.5) is 0 Å². The third-order valence-corrected chi connectivity index (χ3v) is 7.58. The van der Waals surface area contributed by atoms with Crippen LogP contribution in [0.2, 0.25) is 0 Å². The minimum absolute atomic E-state index is 0.0716. The summed E-state index contributed by atoms with van der Waals surface area (Å²) in [5.74, 6) is 2.15. The summed E-state index contributed by atoms with van der Waals surface area (Å²) < 4.78 is 6.22. The number of benzene rings is 2. The highest BCUT2D eigenvalue weighted by Crippen LogP contribution is 2.25. The molecule has 36 heavy (non-hydrogen) atoms. The summed E-state index contributed by atoms with van der Waals surface area (Å²) in [6.45, 7) is 5.49. The molecule has 0 N–H and O–H groups in total. The van der Waals surface area contributed by atoms with Crippen LogP contribution >= 0.6 is 0 Å². The molecule has 1 aromatic heterocycles. The van der Waals surface area contributed by atoms with Gasteiger partial charge in [-0.1, -0.05) is 42.5 Å². The van der Waals surface area contributed by atoms with E-state index in [0.29, 0.717) is 18.1 Å². The lowest BCUT2D eigenvalue weighted by molar-refractivity contribution is 0.0633. The van der Waals surface area contributed by atoms with Crippen molar-refractivity contribution in [2.75, 3.05) is 32.8 Å². The van der Waals surface area contributed by atoms with Crippen molar-refractivity contribution in [3.63, 3.8) is 0 Å². The molecule has 2 aromatic carbocycles. The van der Waals surface area contributed by atoms with Crippen molar-refractivity contribution in [2.45, 2.75) is 38.6 Å². The van der Waals surface area contributed by atoms with Crippen LogP contribution in [0.25, 0.3) is 0 Å². The van der Waals surface area contributed by atoms with E-state index in [4.69, 9.17) is 4.74 Å². The molecular weight excluding hydrogens is 446 g/mol. The summed E-state index contributed by atoms with van der Waals surface area (Å²) in [5, 5.41) is 0. The Morgan fingerprint density at radius 1 is 0.889 bits per heavy atom. The highest BCUT2D eigenvalue weighted by Gasteiger charge is 2.25. The van der Waals surface area contributed by atoms with Gasteiger partial charge >= 0.3 is 0 Å². The smallest absolute Gasteiger partial charge is 0.255 e. The first-order valence-corrected chi connectivity index (χ1v) is 13.4. The van der Waals surface area contributed by atoms with E-state index in [1.807, 2.05) is 17.0 Å². The first-order chi connectivity index (χ1) is 17.7. The third-order valence-electron chi connectivity index (χ3n) is 7.58. The maximum Gasteiger partial charge on any atom is 0.255 e. The molecule has 2 saturated heterocycles. The van der Waals surface area contributed by atoms with Gasteiger partial charge in [-0.15, -0.1) is 0 Å². The van der Waals surface area contributed by atoms with Gasteiger partial charge in [0.1, 0.15) is 5.75 Å². The van der Waals surface area contributed by atoms with Gasteiger partial charge in [0.25, 0.3) is 5.91 Å². The van der Waals surface area contributed by atoms with Crippen molar-refractivity contribution in [1.82, 2.24) is 14.8 Å².